The smallest absolute Gasteiger partial charge is 0.362 e. The summed E-state index contributed by atoms with van der Waals surface area (Å²) in [6.45, 7) is 2.56. The van der Waals surface area contributed by atoms with Crippen molar-refractivity contribution in [1.29, 1.82) is 0 Å². The normalized spacial score (nSPS) is 19.6. The van der Waals surface area contributed by atoms with Crippen LogP contribution in [-0.2, 0) is 0 Å². The molecule has 0 radical (unpaired) electrons. The van der Waals surface area contributed by atoms with Crippen LogP contribution in [0.3, 0.4) is 0 Å². The van der Waals surface area contributed by atoms with Crippen LogP contribution in [0.4, 0.5) is 18.9 Å². The molecule has 0 spiro atoms. The van der Waals surface area contributed by atoms with Crippen molar-refractivity contribution in [2.75, 3.05) is 24.5 Å². The van der Waals surface area contributed by atoms with Gasteiger partial charge in [0.1, 0.15) is 6.54 Å². The maximum absolute atomic E-state index is 12.7. The zero-order valence-corrected chi connectivity index (χ0v) is 11.7. The van der Waals surface area contributed by atoms with Gasteiger partial charge in [-0.05, 0) is 37.4 Å². The molecule has 0 aromatic heterocycles. The SMILES string of the molecule is CCCNC1CCCN(CC(F)(F)F)c2ccccc21. The van der Waals surface area contributed by atoms with Gasteiger partial charge in [0, 0.05) is 18.3 Å². The van der Waals surface area contributed by atoms with Crippen LogP contribution in [0, 0.1) is 0 Å². The fraction of sp³-hybridized carbons (Fsp3) is 0.600. The molecule has 1 aliphatic heterocycles. The van der Waals surface area contributed by atoms with Gasteiger partial charge in [0.2, 0.25) is 0 Å². The lowest BCUT2D eigenvalue weighted by Gasteiger charge is -2.27. The predicted octanol–water partition coefficient (Wildman–Crippen LogP) is 3.89. The Morgan fingerprint density at radius 1 is 1.30 bits per heavy atom. The van der Waals surface area contributed by atoms with Gasteiger partial charge in [0.05, 0.1) is 0 Å². The number of anilines is 1. The molecule has 0 saturated carbocycles. The average Bonchev–Trinajstić information content (AvgIpc) is 2.55. The fourth-order valence-electron chi connectivity index (χ4n) is 2.74. The molecule has 1 N–H and O–H groups in total. The van der Waals surface area contributed by atoms with E-state index < -0.39 is 12.7 Å². The number of rotatable bonds is 4. The first kappa shape index (κ1) is 15.2. The summed E-state index contributed by atoms with van der Waals surface area (Å²) in [5.74, 6) is 0. The molecular formula is C15H21F3N2. The number of alkyl halides is 3. The first-order chi connectivity index (χ1) is 9.51. The highest BCUT2D eigenvalue weighted by Crippen LogP contribution is 2.34. The number of nitrogens with zero attached hydrogens (tertiary/aromatic N) is 1. The molecule has 0 saturated heterocycles. The van der Waals surface area contributed by atoms with Gasteiger partial charge >= 0.3 is 6.18 Å². The Bertz CT molecular complexity index is 431. The lowest BCUT2D eigenvalue weighted by atomic mass is 10.0. The molecular weight excluding hydrogens is 265 g/mol. The fourth-order valence-corrected chi connectivity index (χ4v) is 2.74. The third-order valence-corrected chi connectivity index (χ3v) is 3.58. The van der Waals surface area contributed by atoms with Crippen molar-refractivity contribution in [3.8, 4) is 0 Å². The molecule has 0 amide bonds. The second-order valence-corrected chi connectivity index (χ2v) is 5.24. The summed E-state index contributed by atoms with van der Waals surface area (Å²) in [7, 11) is 0. The Morgan fingerprint density at radius 3 is 2.75 bits per heavy atom. The van der Waals surface area contributed by atoms with E-state index in [0.717, 1.165) is 37.1 Å². The second kappa shape index (κ2) is 6.48. The molecule has 5 heteroatoms. The van der Waals surface area contributed by atoms with Gasteiger partial charge in [-0.25, -0.2) is 0 Å². The van der Waals surface area contributed by atoms with Gasteiger partial charge in [0.15, 0.2) is 0 Å². The summed E-state index contributed by atoms with van der Waals surface area (Å²) >= 11 is 0. The van der Waals surface area contributed by atoms with Crippen molar-refractivity contribution in [1.82, 2.24) is 5.32 Å². The first-order valence-electron chi connectivity index (χ1n) is 7.15. The number of hydrogen-bond donors (Lipinski definition) is 1. The summed E-state index contributed by atoms with van der Waals surface area (Å²) < 4.78 is 38.1. The zero-order chi connectivity index (χ0) is 14.6. The molecule has 2 rings (SSSR count). The summed E-state index contributed by atoms with van der Waals surface area (Å²) in [5, 5.41) is 3.44. The third-order valence-electron chi connectivity index (χ3n) is 3.58. The summed E-state index contributed by atoms with van der Waals surface area (Å²) in [6, 6.07) is 7.61. The molecule has 1 heterocycles. The number of benzene rings is 1. The molecule has 2 nitrogen and oxygen atoms in total. The molecule has 1 unspecified atom stereocenters. The monoisotopic (exact) mass is 286 g/mol. The highest BCUT2D eigenvalue weighted by atomic mass is 19.4. The zero-order valence-electron chi connectivity index (χ0n) is 11.7. The Hall–Kier alpha value is -1.23. The maximum atomic E-state index is 12.7. The minimum Gasteiger partial charge on any atom is -0.362 e. The van der Waals surface area contributed by atoms with Crippen LogP contribution < -0.4 is 10.2 Å². The third kappa shape index (κ3) is 3.88. The summed E-state index contributed by atoms with van der Waals surface area (Å²) in [6.07, 6.45) is -1.49. The first-order valence-corrected chi connectivity index (χ1v) is 7.15. The molecule has 20 heavy (non-hydrogen) atoms. The highest BCUT2D eigenvalue weighted by Gasteiger charge is 2.33. The van der Waals surface area contributed by atoms with Crippen molar-refractivity contribution in [2.24, 2.45) is 0 Å². The van der Waals surface area contributed by atoms with Gasteiger partial charge in [-0.1, -0.05) is 25.1 Å². The van der Waals surface area contributed by atoms with Crippen molar-refractivity contribution in [2.45, 2.75) is 38.4 Å². The van der Waals surface area contributed by atoms with E-state index >= 15 is 0 Å². The van der Waals surface area contributed by atoms with Crippen LogP contribution >= 0.6 is 0 Å². The van der Waals surface area contributed by atoms with E-state index in [4.69, 9.17) is 0 Å². The lowest BCUT2D eigenvalue weighted by molar-refractivity contribution is -0.119. The maximum Gasteiger partial charge on any atom is 0.405 e. The molecule has 1 aromatic carbocycles. The Morgan fingerprint density at radius 2 is 2.05 bits per heavy atom. The van der Waals surface area contributed by atoms with E-state index in [2.05, 4.69) is 12.2 Å². The van der Waals surface area contributed by atoms with E-state index in [1.807, 2.05) is 18.2 Å². The summed E-state index contributed by atoms with van der Waals surface area (Å²) in [4.78, 5) is 1.46. The number of nitrogens with one attached hydrogen (secondary N) is 1. The Kier molecular flexibility index (Phi) is 4.91. The number of para-hydroxylation sites is 1. The Labute approximate surface area is 118 Å². The standard InChI is InChI=1S/C15H21F3N2/c1-2-9-19-13-7-5-10-20(11-15(16,17)18)14-8-4-3-6-12(13)14/h3-4,6,8,13,19H,2,5,7,9-11H2,1H3. The average molecular weight is 286 g/mol. The largest absolute Gasteiger partial charge is 0.405 e. The quantitative estimate of drug-likeness (QED) is 0.903. The van der Waals surface area contributed by atoms with Gasteiger partial charge in [-0.3, -0.25) is 0 Å². The molecule has 0 bridgehead atoms. The molecule has 1 aliphatic rings. The van der Waals surface area contributed by atoms with E-state index in [-0.39, 0.29) is 6.04 Å². The molecule has 112 valence electrons. The van der Waals surface area contributed by atoms with Crippen LogP contribution in [0.2, 0.25) is 0 Å². The van der Waals surface area contributed by atoms with Gasteiger partial charge in [-0.15, -0.1) is 0 Å². The minimum absolute atomic E-state index is 0.157. The van der Waals surface area contributed by atoms with Crippen LogP contribution in [-0.4, -0.2) is 25.8 Å². The van der Waals surface area contributed by atoms with Gasteiger partial charge in [0.25, 0.3) is 0 Å². The lowest BCUT2D eigenvalue weighted by Crippen LogP contribution is -2.35. The number of hydrogen-bond acceptors (Lipinski definition) is 2. The molecule has 0 aliphatic carbocycles. The van der Waals surface area contributed by atoms with Gasteiger partial charge in [-0.2, -0.15) is 13.2 Å². The topological polar surface area (TPSA) is 15.3 Å². The van der Waals surface area contributed by atoms with Gasteiger partial charge < -0.3 is 10.2 Å². The Balaban J connectivity index is 2.25. The van der Waals surface area contributed by atoms with Crippen molar-refractivity contribution < 1.29 is 13.2 Å². The van der Waals surface area contributed by atoms with Crippen molar-refractivity contribution in [3.63, 3.8) is 0 Å². The van der Waals surface area contributed by atoms with E-state index in [1.54, 1.807) is 6.07 Å². The van der Waals surface area contributed by atoms with E-state index in [9.17, 15) is 13.2 Å². The van der Waals surface area contributed by atoms with Crippen LogP contribution in [0.1, 0.15) is 37.8 Å². The highest BCUT2D eigenvalue weighted by molar-refractivity contribution is 5.56. The van der Waals surface area contributed by atoms with Crippen LogP contribution in [0.5, 0.6) is 0 Å². The van der Waals surface area contributed by atoms with Crippen LogP contribution in [0.25, 0.3) is 0 Å². The van der Waals surface area contributed by atoms with E-state index in [0.29, 0.717) is 6.54 Å². The predicted molar refractivity (Wildman–Crippen MR) is 75.0 cm³/mol. The molecule has 1 aromatic rings. The number of halogens is 3. The molecule has 0 fully saturated rings. The minimum atomic E-state index is -4.16. The number of fused-ring (bicyclic) bond motifs is 1. The van der Waals surface area contributed by atoms with Crippen molar-refractivity contribution in [3.05, 3.63) is 29.8 Å². The summed E-state index contributed by atoms with van der Waals surface area (Å²) in [5.41, 5.74) is 1.71. The van der Waals surface area contributed by atoms with E-state index in [1.165, 1.54) is 4.90 Å². The molecule has 1 atom stereocenters. The van der Waals surface area contributed by atoms with Crippen LogP contribution in [0.15, 0.2) is 24.3 Å². The van der Waals surface area contributed by atoms with Crippen molar-refractivity contribution >= 4 is 5.69 Å². The second-order valence-electron chi connectivity index (χ2n) is 5.24.